The predicted molar refractivity (Wildman–Crippen MR) is 119 cm³/mol. The number of amides is 1. The molecule has 8 heteroatoms. The van der Waals surface area contributed by atoms with Crippen LogP contribution in [-0.2, 0) is 6.42 Å². The lowest BCUT2D eigenvalue weighted by atomic mass is 10.1. The summed E-state index contributed by atoms with van der Waals surface area (Å²) in [5, 5.41) is 11.0. The topological polar surface area (TPSA) is 77.2 Å². The highest BCUT2D eigenvalue weighted by molar-refractivity contribution is 5.94. The SMILES string of the molecule is Cc1ccc(-c2nnc(-c3ccc(C(=O)NCCc4ccc(OC(F)F)cc4)cc3)o2)cc1. The first kappa shape index (κ1) is 22.1. The summed E-state index contributed by atoms with van der Waals surface area (Å²) in [6.07, 6.45) is 0.558. The Labute approximate surface area is 189 Å². The number of carbonyl (C=O) groups excluding carboxylic acids is 1. The average Bonchev–Trinajstić information content (AvgIpc) is 3.31. The second-order valence-electron chi connectivity index (χ2n) is 7.38. The molecule has 3 aromatic carbocycles. The third kappa shape index (κ3) is 5.79. The lowest BCUT2D eigenvalue weighted by Crippen LogP contribution is -2.25. The zero-order chi connectivity index (χ0) is 23.2. The molecule has 0 aliphatic rings. The number of aryl methyl sites for hydroxylation is 1. The van der Waals surface area contributed by atoms with Gasteiger partial charge in [-0.05, 0) is 67.4 Å². The van der Waals surface area contributed by atoms with Gasteiger partial charge in [0.1, 0.15) is 5.75 Å². The first-order valence-corrected chi connectivity index (χ1v) is 10.3. The molecule has 1 N–H and O–H groups in total. The third-order valence-corrected chi connectivity index (χ3v) is 4.97. The minimum atomic E-state index is -2.85. The van der Waals surface area contributed by atoms with Gasteiger partial charge in [0.15, 0.2) is 0 Å². The van der Waals surface area contributed by atoms with E-state index < -0.39 is 6.61 Å². The molecule has 168 valence electrons. The summed E-state index contributed by atoms with van der Waals surface area (Å²) < 4.78 is 34.5. The summed E-state index contributed by atoms with van der Waals surface area (Å²) in [5.41, 5.74) is 4.09. The van der Waals surface area contributed by atoms with Gasteiger partial charge in [-0.1, -0.05) is 29.8 Å². The van der Waals surface area contributed by atoms with Gasteiger partial charge in [-0.2, -0.15) is 8.78 Å². The van der Waals surface area contributed by atoms with Crippen LogP contribution >= 0.6 is 0 Å². The molecule has 0 saturated heterocycles. The molecule has 33 heavy (non-hydrogen) atoms. The lowest BCUT2D eigenvalue weighted by Gasteiger charge is -2.07. The van der Waals surface area contributed by atoms with E-state index in [0.717, 1.165) is 16.7 Å². The maximum absolute atomic E-state index is 12.4. The van der Waals surface area contributed by atoms with E-state index in [9.17, 15) is 13.6 Å². The fourth-order valence-electron chi connectivity index (χ4n) is 3.18. The van der Waals surface area contributed by atoms with Crippen LogP contribution in [0.15, 0.2) is 77.2 Å². The van der Waals surface area contributed by atoms with Gasteiger partial charge in [0, 0.05) is 23.2 Å². The zero-order valence-electron chi connectivity index (χ0n) is 17.8. The summed E-state index contributed by atoms with van der Waals surface area (Å²) in [4.78, 5) is 12.4. The highest BCUT2D eigenvalue weighted by atomic mass is 19.3. The minimum Gasteiger partial charge on any atom is -0.435 e. The minimum absolute atomic E-state index is 0.102. The van der Waals surface area contributed by atoms with Crippen molar-refractivity contribution in [3.63, 3.8) is 0 Å². The number of nitrogens with one attached hydrogen (secondary N) is 1. The Morgan fingerprint density at radius 2 is 1.48 bits per heavy atom. The van der Waals surface area contributed by atoms with Gasteiger partial charge in [0.25, 0.3) is 5.91 Å². The molecule has 4 rings (SSSR count). The highest BCUT2D eigenvalue weighted by Crippen LogP contribution is 2.24. The van der Waals surface area contributed by atoms with Gasteiger partial charge in [-0.3, -0.25) is 4.79 Å². The Balaban J connectivity index is 1.31. The van der Waals surface area contributed by atoms with Crippen LogP contribution in [0.1, 0.15) is 21.5 Å². The molecule has 1 heterocycles. The molecule has 6 nitrogen and oxygen atoms in total. The quantitative estimate of drug-likeness (QED) is 0.396. The van der Waals surface area contributed by atoms with Crippen molar-refractivity contribution in [2.75, 3.05) is 6.54 Å². The normalized spacial score (nSPS) is 10.9. The number of hydrogen-bond donors (Lipinski definition) is 1. The Kier molecular flexibility index (Phi) is 6.73. The number of aromatic nitrogens is 2. The highest BCUT2D eigenvalue weighted by Gasteiger charge is 2.12. The second-order valence-corrected chi connectivity index (χ2v) is 7.38. The first-order valence-electron chi connectivity index (χ1n) is 10.3. The number of ether oxygens (including phenoxy) is 1. The number of benzene rings is 3. The van der Waals surface area contributed by atoms with Crippen molar-refractivity contribution in [1.29, 1.82) is 0 Å². The molecule has 1 amide bonds. The van der Waals surface area contributed by atoms with Crippen LogP contribution in [0.2, 0.25) is 0 Å². The van der Waals surface area contributed by atoms with Crippen LogP contribution in [0.5, 0.6) is 5.75 Å². The second kappa shape index (κ2) is 10.0. The molecule has 0 unspecified atom stereocenters. The fourth-order valence-corrected chi connectivity index (χ4v) is 3.18. The van der Waals surface area contributed by atoms with Crippen LogP contribution < -0.4 is 10.1 Å². The number of hydrogen-bond acceptors (Lipinski definition) is 5. The van der Waals surface area contributed by atoms with Crippen molar-refractivity contribution in [2.45, 2.75) is 20.0 Å². The van der Waals surface area contributed by atoms with Crippen LogP contribution in [0.25, 0.3) is 22.9 Å². The molecular formula is C25H21F2N3O3. The van der Waals surface area contributed by atoms with Gasteiger partial charge in [0.05, 0.1) is 0 Å². The summed E-state index contributed by atoms with van der Waals surface area (Å²) in [6, 6.07) is 21.0. The predicted octanol–water partition coefficient (Wildman–Crippen LogP) is 5.29. The molecule has 0 bridgehead atoms. The molecule has 0 spiro atoms. The monoisotopic (exact) mass is 449 g/mol. The number of alkyl halides is 2. The maximum atomic E-state index is 12.4. The number of carbonyl (C=O) groups is 1. The summed E-state index contributed by atoms with van der Waals surface area (Å²) in [7, 11) is 0. The van der Waals surface area contributed by atoms with E-state index in [1.165, 1.54) is 12.1 Å². The van der Waals surface area contributed by atoms with E-state index in [4.69, 9.17) is 4.42 Å². The largest absolute Gasteiger partial charge is 0.435 e. The van der Waals surface area contributed by atoms with Crippen molar-refractivity contribution in [3.05, 3.63) is 89.5 Å². The van der Waals surface area contributed by atoms with Crippen molar-refractivity contribution >= 4 is 5.91 Å². The van der Waals surface area contributed by atoms with E-state index in [1.807, 2.05) is 31.2 Å². The van der Waals surface area contributed by atoms with Crippen molar-refractivity contribution in [3.8, 4) is 28.7 Å². The van der Waals surface area contributed by atoms with Crippen molar-refractivity contribution in [2.24, 2.45) is 0 Å². The Morgan fingerprint density at radius 1 is 0.909 bits per heavy atom. The zero-order valence-corrected chi connectivity index (χ0v) is 17.8. The Bertz CT molecular complexity index is 1210. The summed E-state index contributed by atoms with van der Waals surface area (Å²) >= 11 is 0. The number of nitrogens with zero attached hydrogens (tertiary/aromatic N) is 2. The molecule has 0 saturated carbocycles. The molecule has 0 radical (unpaired) electrons. The van der Waals surface area contributed by atoms with Gasteiger partial charge < -0.3 is 14.5 Å². The number of rotatable bonds is 8. The lowest BCUT2D eigenvalue weighted by molar-refractivity contribution is -0.0498. The van der Waals surface area contributed by atoms with E-state index >= 15 is 0 Å². The van der Waals surface area contributed by atoms with Gasteiger partial charge in [0.2, 0.25) is 11.8 Å². The summed E-state index contributed by atoms with van der Waals surface area (Å²) in [6.45, 7) is -0.442. The van der Waals surface area contributed by atoms with Gasteiger partial charge >= 0.3 is 6.61 Å². The van der Waals surface area contributed by atoms with Crippen molar-refractivity contribution in [1.82, 2.24) is 15.5 Å². The van der Waals surface area contributed by atoms with Gasteiger partial charge in [-0.15, -0.1) is 10.2 Å². The molecule has 0 aliphatic heterocycles. The first-order chi connectivity index (χ1) is 16.0. The van der Waals surface area contributed by atoms with E-state index in [1.54, 1.807) is 36.4 Å². The Hall–Kier alpha value is -4.07. The fraction of sp³-hybridized carbons (Fsp3) is 0.160. The van der Waals surface area contributed by atoms with Gasteiger partial charge in [-0.25, -0.2) is 0 Å². The molecule has 0 aliphatic carbocycles. The molecular weight excluding hydrogens is 428 g/mol. The van der Waals surface area contributed by atoms with Crippen LogP contribution in [-0.4, -0.2) is 29.3 Å². The average molecular weight is 449 g/mol. The smallest absolute Gasteiger partial charge is 0.387 e. The van der Waals surface area contributed by atoms with Crippen LogP contribution in [0.4, 0.5) is 8.78 Å². The third-order valence-electron chi connectivity index (χ3n) is 4.97. The molecule has 0 atom stereocenters. The summed E-state index contributed by atoms with van der Waals surface area (Å²) in [5.74, 6) is 0.688. The van der Waals surface area contributed by atoms with E-state index in [-0.39, 0.29) is 11.7 Å². The Morgan fingerprint density at radius 3 is 2.06 bits per heavy atom. The molecule has 1 aromatic heterocycles. The van der Waals surface area contributed by atoms with Crippen LogP contribution in [0.3, 0.4) is 0 Å². The molecule has 0 fully saturated rings. The molecule has 4 aromatic rings. The standard InChI is InChI=1S/C25H21F2N3O3/c1-16-2-6-19(7-3-16)23-29-30-24(33-23)20-10-8-18(9-11-20)22(31)28-15-14-17-4-12-21(13-5-17)32-25(26)27/h2-13,25H,14-15H2,1H3,(H,28,31). The maximum Gasteiger partial charge on any atom is 0.387 e. The van der Waals surface area contributed by atoms with Crippen molar-refractivity contribution < 1.29 is 22.7 Å². The van der Waals surface area contributed by atoms with Crippen LogP contribution in [0, 0.1) is 6.92 Å². The van der Waals surface area contributed by atoms with E-state index in [2.05, 4.69) is 20.3 Å². The van der Waals surface area contributed by atoms with E-state index in [0.29, 0.717) is 35.9 Å². The number of halogens is 2.